The minimum Gasteiger partial charge on any atom is -0.372 e. The van der Waals surface area contributed by atoms with E-state index in [-0.39, 0.29) is 18.2 Å². The molecule has 1 aliphatic rings. The first kappa shape index (κ1) is 16.5. The summed E-state index contributed by atoms with van der Waals surface area (Å²) in [6.07, 6.45) is 0.122. The van der Waals surface area contributed by atoms with Crippen molar-refractivity contribution in [2.45, 2.75) is 33.2 Å². The third kappa shape index (κ3) is 2.89. The fraction of sp³-hybridized carbons (Fsp3) is 0.263. The third-order valence-corrected chi connectivity index (χ3v) is 4.54. The molecule has 1 saturated heterocycles. The number of imide groups is 1. The monoisotopic (exact) mass is 342 g/mol. The number of para-hydroxylation sites is 1. The first-order chi connectivity index (χ1) is 11.4. The van der Waals surface area contributed by atoms with Gasteiger partial charge in [0.05, 0.1) is 22.8 Å². The first-order valence-electron chi connectivity index (χ1n) is 7.84. The average molecular weight is 343 g/mol. The van der Waals surface area contributed by atoms with E-state index >= 15 is 0 Å². The normalized spacial score (nSPS) is 17.5. The van der Waals surface area contributed by atoms with Gasteiger partial charge in [-0.2, -0.15) is 0 Å². The molecule has 0 saturated carbocycles. The van der Waals surface area contributed by atoms with Crippen LogP contribution < -0.4 is 10.2 Å². The second-order valence-electron chi connectivity index (χ2n) is 6.20. The molecular weight excluding hydrogens is 324 g/mol. The zero-order valence-corrected chi connectivity index (χ0v) is 14.6. The molecule has 1 N–H and O–H groups in total. The molecule has 1 atom stereocenters. The Morgan fingerprint density at radius 2 is 1.71 bits per heavy atom. The lowest BCUT2D eigenvalue weighted by Gasteiger charge is -2.21. The van der Waals surface area contributed by atoms with Crippen LogP contribution >= 0.6 is 11.6 Å². The highest BCUT2D eigenvalue weighted by Crippen LogP contribution is 2.32. The van der Waals surface area contributed by atoms with Gasteiger partial charge >= 0.3 is 0 Å². The maximum Gasteiger partial charge on any atom is 0.256 e. The smallest absolute Gasteiger partial charge is 0.256 e. The number of nitrogens with zero attached hydrogens (tertiary/aromatic N) is 1. The van der Waals surface area contributed by atoms with E-state index in [1.165, 1.54) is 4.90 Å². The van der Waals surface area contributed by atoms with E-state index in [2.05, 4.69) is 5.32 Å². The van der Waals surface area contributed by atoms with Gasteiger partial charge in [-0.3, -0.25) is 9.59 Å². The molecule has 1 fully saturated rings. The van der Waals surface area contributed by atoms with Gasteiger partial charge in [0.2, 0.25) is 5.91 Å². The summed E-state index contributed by atoms with van der Waals surface area (Å²) >= 11 is 6.14. The first-order valence-corrected chi connectivity index (χ1v) is 8.22. The summed E-state index contributed by atoms with van der Waals surface area (Å²) in [7, 11) is 0. The summed E-state index contributed by atoms with van der Waals surface area (Å²) in [5.74, 6) is -0.436. The Hall–Kier alpha value is -2.33. The van der Waals surface area contributed by atoms with Crippen LogP contribution in [0.3, 0.4) is 0 Å². The minimum atomic E-state index is -0.600. The Labute approximate surface area is 146 Å². The Bertz CT molecular complexity index is 809. The molecule has 1 aliphatic heterocycles. The van der Waals surface area contributed by atoms with E-state index in [1.54, 1.807) is 12.1 Å². The molecular formula is C19H19ClN2O2. The van der Waals surface area contributed by atoms with Crippen molar-refractivity contribution in [2.24, 2.45) is 0 Å². The van der Waals surface area contributed by atoms with Crippen LogP contribution in [0.5, 0.6) is 0 Å². The number of aryl methyl sites for hydroxylation is 3. The SMILES string of the molecule is Cc1cc(C)c(N2C(=O)C[C@H](Nc3ccccc3Cl)C2=O)c(C)c1. The number of nitrogens with one attached hydrogen (secondary N) is 1. The maximum absolute atomic E-state index is 12.8. The van der Waals surface area contributed by atoms with Crippen LogP contribution in [0.25, 0.3) is 0 Å². The lowest BCUT2D eigenvalue weighted by atomic mass is 10.0. The Morgan fingerprint density at radius 1 is 1.08 bits per heavy atom. The molecule has 2 amide bonds. The third-order valence-electron chi connectivity index (χ3n) is 4.21. The second-order valence-corrected chi connectivity index (χ2v) is 6.60. The van der Waals surface area contributed by atoms with Crippen molar-refractivity contribution in [3.05, 3.63) is 58.1 Å². The molecule has 0 radical (unpaired) electrons. The zero-order chi connectivity index (χ0) is 17.4. The van der Waals surface area contributed by atoms with Crippen molar-refractivity contribution >= 4 is 34.8 Å². The van der Waals surface area contributed by atoms with Crippen molar-refractivity contribution in [3.63, 3.8) is 0 Å². The van der Waals surface area contributed by atoms with Crippen LogP contribution in [0.1, 0.15) is 23.1 Å². The number of carbonyl (C=O) groups is 2. The number of carbonyl (C=O) groups excluding carboxylic acids is 2. The topological polar surface area (TPSA) is 49.4 Å². The van der Waals surface area contributed by atoms with Crippen LogP contribution in [-0.4, -0.2) is 17.9 Å². The van der Waals surface area contributed by atoms with Gasteiger partial charge in [-0.1, -0.05) is 41.4 Å². The number of halogens is 1. The van der Waals surface area contributed by atoms with Gasteiger partial charge < -0.3 is 5.32 Å². The number of benzene rings is 2. The average Bonchev–Trinajstić information content (AvgIpc) is 2.76. The highest BCUT2D eigenvalue weighted by molar-refractivity contribution is 6.33. The largest absolute Gasteiger partial charge is 0.372 e. The number of rotatable bonds is 3. The Kier molecular flexibility index (Phi) is 4.33. The molecule has 24 heavy (non-hydrogen) atoms. The number of hydrogen-bond donors (Lipinski definition) is 1. The summed E-state index contributed by atoms with van der Waals surface area (Å²) in [4.78, 5) is 26.6. The van der Waals surface area contributed by atoms with Crippen LogP contribution in [-0.2, 0) is 9.59 Å². The fourth-order valence-corrected chi connectivity index (χ4v) is 3.46. The molecule has 0 unspecified atom stereocenters. The van der Waals surface area contributed by atoms with Crippen LogP contribution in [0.4, 0.5) is 11.4 Å². The van der Waals surface area contributed by atoms with Crippen molar-refractivity contribution in [1.82, 2.24) is 0 Å². The van der Waals surface area contributed by atoms with Gasteiger partial charge in [0.15, 0.2) is 0 Å². The molecule has 0 aliphatic carbocycles. The molecule has 0 spiro atoms. The fourth-order valence-electron chi connectivity index (χ4n) is 3.27. The molecule has 3 rings (SSSR count). The van der Waals surface area contributed by atoms with Gasteiger partial charge in [-0.05, 0) is 44.0 Å². The van der Waals surface area contributed by atoms with Gasteiger partial charge in [0, 0.05) is 0 Å². The summed E-state index contributed by atoms with van der Waals surface area (Å²) < 4.78 is 0. The predicted octanol–water partition coefficient (Wildman–Crippen LogP) is 4.01. The minimum absolute atomic E-state index is 0.122. The number of anilines is 2. The Balaban J connectivity index is 1.92. The quantitative estimate of drug-likeness (QED) is 0.857. The maximum atomic E-state index is 12.8. The molecule has 4 nitrogen and oxygen atoms in total. The number of amides is 2. The summed E-state index contributed by atoms with van der Waals surface area (Å²) in [6, 6.07) is 10.6. The van der Waals surface area contributed by atoms with Crippen molar-refractivity contribution < 1.29 is 9.59 Å². The molecule has 124 valence electrons. The standard InChI is InChI=1S/C19H19ClN2O2/c1-11-8-12(2)18(13(3)9-11)22-17(23)10-16(19(22)24)21-15-7-5-4-6-14(15)20/h4-9,16,21H,10H2,1-3H3/t16-/m0/s1. The molecule has 1 heterocycles. The van der Waals surface area contributed by atoms with Gasteiger partial charge in [0.1, 0.15) is 6.04 Å². The highest BCUT2D eigenvalue weighted by Gasteiger charge is 2.40. The zero-order valence-electron chi connectivity index (χ0n) is 13.9. The van der Waals surface area contributed by atoms with E-state index < -0.39 is 6.04 Å². The molecule has 0 bridgehead atoms. The van der Waals surface area contributed by atoms with Gasteiger partial charge in [-0.15, -0.1) is 0 Å². The van der Waals surface area contributed by atoms with Crippen molar-refractivity contribution in [2.75, 3.05) is 10.2 Å². The van der Waals surface area contributed by atoms with Crippen molar-refractivity contribution in [3.8, 4) is 0 Å². The van der Waals surface area contributed by atoms with E-state index in [4.69, 9.17) is 11.6 Å². The summed E-state index contributed by atoms with van der Waals surface area (Å²) in [6.45, 7) is 5.84. The van der Waals surface area contributed by atoms with E-state index in [0.717, 1.165) is 16.7 Å². The van der Waals surface area contributed by atoms with Crippen LogP contribution in [0.15, 0.2) is 36.4 Å². The highest BCUT2D eigenvalue weighted by atomic mass is 35.5. The molecule has 2 aromatic rings. The molecule has 2 aromatic carbocycles. The van der Waals surface area contributed by atoms with E-state index in [1.807, 2.05) is 45.0 Å². The molecule has 0 aromatic heterocycles. The van der Waals surface area contributed by atoms with Gasteiger partial charge in [0.25, 0.3) is 5.91 Å². The van der Waals surface area contributed by atoms with E-state index in [9.17, 15) is 9.59 Å². The second kappa shape index (κ2) is 6.29. The van der Waals surface area contributed by atoms with Crippen LogP contribution in [0, 0.1) is 20.8 Å². The number of hydrogen-bond acceptors (Lipinski definition) is 3. The predicted molar refractivity (Wildman–Crippen MR) is 96.6 cm³/mol. The summed E-state index contributed by atoms with van der Waals surface area (Å²) in [5.41, 5.74) is 4.31. The van der Waals surface area contributed by atoms with E-state index in [0.29, 0.717) is 16.4 Å². The lowest BCUT2D eigenvalue weighted by molar-refractivity contribution is -0.121. The van der Waals surface area contributed by atoms with Crippen molar-refractivity contribution in [1.29, 1.82) is 0 Å². The van der Waals surface area contributed by atoms with Gasteiger partial charge in [-0.25, -0.2) is 4.90 Å². The van der Waals surface area contributed by atoms with Crippen LogP contribution in [0.2, 0.25) is 5.02 Å². The Morgan fingerprint density at radius 3 is 2.33 bits per heavy atom. The summed E-state index contributed by atoms with van der Waals surface area (Å²) in [5, 5.41) is 3.62. The lowest BCUT2D eigenvalue weighted by Crippen LogP contribution is -2.35. The molecule has 5 heteroatoms.